The molecule has 1 aliphatic rings. The van der Waals surface area contributed by atoms with E-state index in [9.17, 15) is 5.11 Å². The Kier molecular flexibility index (Phi) is 5.90. The summed E-state index contributed by atoms with van der Waals surface area (Å²) in [4.78, 5) is 2.29. The summed E-state index contributed by atoms with van der Waals surface area (Å²) in [5.41, 5.74) is 0.0556. The largest absolute Gasteiger partial charge is 0.395 e. The van der Waals surface area contributed by atoms with Crippen LogP contribution in [0.15, 0.2) is 0 Å². The molecule has 2 unspecified atom stereocenters. The van der Waals surface area contributed by atoms with Crippen molar-refractivity contribution in [3.05, 3.63) is 0 Å². The van der Waals surface area contributed by atoms with Crippen LogP contribution in [0.2, 0.25) is 0 Å². The van der Waals surface area contributed by atoms with Gasteiger partial charge in [-0.25, -0.2) is 0 Å². The molecule has 3 nitrogen and oxygen atoms in total. The summed E-state index contributed by atoms with van der Waals surface area (Å²) in [6, 6.07) is 0. The minimum atomic E-state index is -0.200. The lowest BCUT2D eigenvalue weighted by molar-refractivity contribution is -0.0439. The van der Waals surface area contributed by atoms with Gasteiger partial charge >= 0.3 is 0 Å². The molecule has 1 aliphatic carbocycles. The predicted octanol–water partition coefficient (Wildman–Crippen LogP) is 1.88. The average molecular weight is 243 g/mol. The van der Waals surface area contributed by atoms with Gasteiger partial charge in [-0.05, 0) is 37.1 Å². The van der Waals surface area contributed by atoms with Crippen LogP contribution < -0.4 is 0 Å². The fourth-order valence-electron chi connectivity index (χ4n) is 3.04. The SMILES string of the molecule is CCCN(CCO)CC1CCCC(C)(C)C1O. The first kappa shape index (κ1) is 14.9. The Labute approximate surface area is 106 Å². The molecule has 3 heteroatoms. The topological polar surface area (TPSA) is 43.7 Å². The summed E-state index contributed by atoms with van der Waals surface area (Å²) in [6.07, 6.45) is 4.36. The molecule has 0 amide bonds. The van der Waals surface area contributed by atoms with Crippen LogP contribution in [0.4, 0.5) is 0 Å². The van der Waals surface area contributed by atoms with Gasteiger partial charge in [-0.2, -0.15) is 0 Å². The van der Waals surface area contributed by atoms with Crippen LogP contribution in [-0.2, 0) is 0 Å². The van der Waals surface area contributed by atoms with Crippen molar-refractivity contribution >= 4 is 0 Å². The summed E-state index contributed by atoms with van der Waals surface area (Å²) < 4.78 is 0. The van der Waals surface area contributed by atoms with Crippen molar-refractivity contribution in [1.29, 1.82) is 0 Å². The Bertz CT molecular complexity index is 212. The zero-order chi connectivity index (χ0) is 12.9. The van der Waals surface area contributed by atoms with E-state index < -0.39 is 0 Å². The van der Waals surface area contributed by atoms with Gasteiger partial charge in [0.05, 0.1) is 12.7 Å². The maximum Gasteiger partial charge on any atom is 0.0631 e. The Balaban J connectivity index is 2.52. The number of hydrogen-bond acceptors (Lipinski definition) is 3. The van der Waals surface area contributed by atoms with Crippen molar-refractivity contribution in [3.63, 3.8) is 0 Å². The fourth-order valence-corrected chi connectivity index (χ4v) is 3.04. The van der Waals surface area contributed by atoms with Crippen molar-refractivity contribution in [2.45, 2.75) is 52.6 Å². The van der Waals surface area contributed by atoms with E-state index in [0.717, 1.165) is 38.9 Å². The van der Waals surface area contributed by atoms with Crippen molar-refractivity contribution in [1.82, 2.24) is 4.90 Å². The molecule has 0 saturated heterocycles. The highest BCUT2D eigenvalue weighted by Gasteiger charge is 2.37. The third-order valence-electron chi connectivity index (χ3n) is 4.09. The number of aliphatic hydroxyl groups excluding tert-OH is 2. The number of nitrogens with zero attached hydrogens (tertiary/aromatic N) is 1. The minimum absolute atomic E-state index is 0.0556. The first-order valence-electron chi connectivity index (χ1n) is 7.02. The minimum Gasteiger partial charge on any atom is -0.395 e. The molecule has 0 aliphatic heterocycles. The molecular weight excluding hydrogens is 214 g/mol. The Hall–Kier alpha value is -0.120. The van der Waals surface area contributed by atoms with Crippen molar-refractivity contribution in [2.24, 2.45) is 11.3 Å². The highest BCUT2D eigenvalue weighted by Crippen LogP contribution is 2.39. The van der Waals surface area contributed by atoms with E-state index in [-0.39, 0.29) is 18.1 Å². The van der Waals surface area contributed by atoms with Gasteiger partial charge < -0.3 is 15.1 Å². The van der Waals surface area contributed by atoms with E-state index >= 15 is 0 Å². The normalized spacial score (nSPS) is 28.6. The molecule has 0 bridgehead atoms. The average Bonchev–Trinajstić information content (AvgIpc) is 2.25. The van der Waals surface area contributed by atoms with Gasteiger partial charge in [-0.3, -0.25) is 0 Å². The van der Waals surface area contributed by atoms with Crippen molar-refractivity contribution in [2.75, 3.05) is 26.2 Å². The monoisotopic (exact) mass is 243 g/mol. The summed E-state index contributed by atoms with van der Waals surface area (Å²) in [5, 5.41) is 19.5. The van der Waals surface area contributed by atoms with Gasteiger partial charge in [0.25, 0.3) is 0 Å². The summed E-state index contributed by atoms with van der Waals surface area (Å²) in [7, 11) is 0. The standard InChI is InChI=1S/C14H29NO2/c1-4-8-15(9-10-16)11-12-6-5-7-14(2,3)13(12)17/h12-13,16-17H,4-11H2,1-3H3. The van der Waals surface area contributed by atoms with Crippen LogP contribution in [0.1, 0.15) is 46.5 Å². The number of aliphatic hydroxyl groups is 2. The Morgan fingerprint density at radius 2 is 2.00 bits per heavy atom. The lowest BCUT2D eigenvalue weighted by Crippen LogP contribution is -2.45. The third kappa shape index (κ3) is 4.23. The molecule has 0 spiro atoms. The molecule has 1 fully saturated rings. The molecule has 1 saturated carbocycles. The highest BCUT2D eigenvalue weighted by atomic mass is 16.3. The predicted molar refractivity (Wildman–Crippen MR) is 70.9 cm³/mol. The van der Waals surface area contributed by atoms with E-state index in [4.69, 9.17) is 5.11 Å². The Morgan fingerprint density at radius 1 is 1.29 bits per heavy atom. The highest BCUT2D eigenvalue weighted by molar-refractivity contribution is 4.89. The van der Waals surface area contributed by atoms with Gasteiger partial charge in [0.15, 0.2) is 0 Å². The van der Waals surface area contributed by atoms with Crippen LogP contribution in [0, 0.1) is 11.3 Å². The second kappa shape index (κ2) is 6.72. The maximum absolute atomic E-state index is 10.4. The van der Waals surface area contributed by atoms with E-state index in [1.165, 1.54) is 6.42 Å². The van der Waals surface area contributed by atoms with Crippen molar-refractivity contribution in [3.8, 4) is 0 Å². The maximum atomic E-state index is 10.4. The van der Waals surface area contributed by atoms with E-state index in [0.29, 0.717) is 5.92 Å². The van der Waals surface area contributed by atoms with Crippen LogP contribution in [0.25, 0.3) is 0 Å². The van der Waals surface area contributed by atoms with Crippen LogP contribution in [0.3, 0.4) is 0 Å². The van der Waals surface area contributed by atoms with Crippen LogP contribution in [-0.4, -0.2) is 47.5 Å². The van der Waals surface area contributed by atoms with Gasteiger partial charge in [-0.15, -0.1) is 0 Å². The molecule has 0 radical (unpaired) electrons. The van der Waals surface area contributed by atoms with Gasteiger partial charge in [0.1, 0.15) is 0 Å². The smallest absolute Gasteiger partial charge is 0.0631 e. The molecule has 0 aromatic carbocycles. The lowest BCUT2D eigenvalue weighted by atomic mass is 9.69. The molecule has 0 aromatic heterocycles. The van der Waals surface area contributed by atoms with E-state index in [1.54, 1.807) is 0 Å². The van der Waals surface area contributed by atoms with E-state index in [1.807, 2.05) is 0 Å². The first-order chi connectivity index (χ1) is 8.01. The molecule has 2 atom stereocenters. The fraction of sp³-hybridized carbons (Fsp3) is 1.00. The zero-order valence-corrected chi connectivity index (χ0v) is 11.7. The number of rotatable bonds is 6. The molecule has 17 heavy (non-hydrogen) atoms. The molecule has 2 N–H and O–H groups in total. The zero-order valence-electron chi connectivity index (χ0n) is 11.7. The van der Waals surface area contributed by atoms with E-state index in [2.05, 4.69) is 25.7 Å². The summed E-state index contributed by atoms with van der Waals surface area (Å²) in [5.74, 6) is 0.372. The molecule has 1 rings (SSSR count). The Morgan fingerprint density at radius 3 is 2.59 bits per heavy atom. The molecule has 0 aromatic rings. The second-order valence-corrected chi connectivity index (χ2v) is 6.11. The quantitative estimate of drug-likeness (QED) is 0.748. The van der Waals surface area contributed by atoms with Gasteiger partial charge in [0.2, 0.25) is 0 Å². The molecule has 102 valence electrons. The first-order valence-corrected chi connectivity index (χ1v) is 7.02. The number of hydrogen-bond donors (Lipinski definition) is 2. The van der Waals surface area contributed by atoms with Gasteiger partial charge in [-0.1, -0.05) is 27.2 Å². The summed E-state index contributed by atoms with van der Waals surface area (Å²) in [6.45, 7) is 9.39. The van der Waals surface area contributed by atoms with Crippen LogP contribution >= 0.6 is 0 Å². The molecular formula is C14H29NO2. The molecule has 0 heterocycles. The lowest BCUT2D eigenvalue weighted by Gasteiger charge is -2.42. The van der Waals surface area contributed by atoms with Gasteiger partial charge in [0, 0.05) is 13.1 Å². The second-order valence-electron chi connectivity index (χ2n) is 6.11. The van der Waals surface area contributed by atoms with Crippen LogP contribution in [0.5, 0.6) is 0 Å². The third-order valence-corrected chi connectivity index (χ3v) is 4.09. The van der Waals surface area contributed by atoms with Crippen molar-refractivity contribution < 1.29 is 10.2 Å². The summed E-state index contributed by atoms with van der Waals surface area (Å²) >= 11 is 0.